The maximum absolute atomic E-state index is 12.8. The fourth-order valence-corrected chi connectivity index (χ4v) is 2.80. The molecule has 25 heavy (non-hydrogen) atoms. The highest BCUT2D eigenvalue weighted by Crippen LogP contribution is 2.31. The lowest BCUT2D eigenvalue weighted by Crippen LogP contribution is -2.48. The van der Waals surface area contributed by atoms with Crippen LogP contribution in [0.25, 0.3) is 0 Å². The van der Waals surface area contributed by atoms with E-state index < -0.39 is 0 Å². The summed E-state index contributed by atoms with van der Waals surface area (Å²) in [6.45, 7) is 2.92. The molecule has 1 amide bonds. The lowest BCUT2D eigenvalue weighted by Gasteiger charge is -2.37. The average Bonchev–Trinajstić information content (AvgIpc) is 3.01. The summed E-state index contributed by atoms with van der Waals surface area (Å²) in [5, 5.41) is 3.80. The zero-order valence-electron chi connectivity index (χ0n) is 13.8. The van der Waals surface area contributed by atoms with Crippen molar-refractivity contribution in [1.29, 1.82) is 0 Å². The minimum atomic E-state index is -0.0565. The van der Waals surface area contributed by atoms with E-state index in [4.69, 9.17) is 9.26 Å². The molecule has 0 spiro atoms. The summed E-state index contributed by atoms with van der Waals surface area (Å²) in [5.41, 5.74) is 0.548. The van der Waals surface area contributed by atoms with Gasteiger partial charge in [0.2, 0.25) is 5.89 Å². The van der Waals surface area contributed by atoms with Crippen LogP contribution in [0.15, 0.2) is 59.1 Å². The standard InChI is InChI=1S/C19H17N3O3/c1-13-20-18(25-21-13)14-11-22(12-14)19(23)16-9-5-6-10-17(16)24-15-7-3-2-4-8-15/h2-10,14H,11-12H2,1H3. The molecule has 0 saturated carbocycles. The number of para-hydroxylation sites is 2. The van der Waals surface area contributed by atoms with Crippen molar-refractivity contribution in [2.75, 3.05) is 13.1 Å². The molecule has 1 saturated heterocycles. The summed E-state index contributed by atoms with van der Waals surface area (Å²) in [4.78, 5) is 18.8. The molecule has 0 radical (unpaired) electrons. The summed E-state index contributed by atoms with van der Waals surface area (Å²) < 4.78 is 11.1. The predicted octanol–water partition coefficient (Wildman–Crippen LogP) is 3.41. The monoisotopic (exact) mass is 335 g/mol. The first kappa shape index (κ1) is 15.4. The topological polar surface area (TPSA) is 68.5 Å². The van der Waals surface area contributed by atoms with Gasteiger partial charge in [-0.25, -0.2) is 0 Å². The van der Waals surface area contributed by atoms with E-state index in [1.807, 2.05) is 42.5 Å². The zero-order valence-corrected chi connectivity index (χ0v) is 13.8. The van der Waals surface area contributed by atoms with E-state index in [1.165, 1.54) is 0 Å². The van der Waals surface area contributed by atoms with E-state index in [0.29, 0.717) is 41.9 Å². The predicted molar refractivity (Wildman–Crippen MR) is 90.6 cm³/mol. The van der Waals surface area contributed by atoms with Crippen LogP contribution in [-0.4, -0.2) is 34.0 Å². The Hall–Kier alpha value is -3.15. The average molecular weight is 335 g/mol. The largest absolute Gasteiger partial charge is 0.457 e. The van der Waals surface area contributed by atoms with Crippen LogP contribution >= 0.6 is 0 Å². The normalized spacial score (nSPS) is 14.2. The smallest absolute Gasteiger partial charge is 0.257 e. The highest BCUT2D eigenvalue weighted by Gasteiger charge is 2.36. The number of aryl methyl sites for hydroxylation is 1. The fraction of sp³-hybridized carbons (Fsp3) is 0.211. The highest BCUT2D eigenvalue weighted by molar-refractivity contribution is 5.97. The van der Waals surface area contributed by atoms with E-state index in [1.54, 1.807) is 24.0 Å². The van der Waals surface area contributed by atoms with E-state index in [-0.39, 0.29) is 11.8 Å². The quantitative estimate of drug-likeness (QED) is 0.731. The van der Waals surface area contributed by atoms with Crippen molar-refractivity contribution in [2.45, 2.75) is 12.8 Å². The van der Waals surface area contributed by atoms with Crippen molar-refractivity contribution in [3.05, 3.63) is 71.9 Å². The molecular weight excluding hydrogens is 318 g/mol. The number of rotatable bonds is 4. The van der Waals surface area contributed by atoms with Crippen LogP contribution in [0.2, 0.25) is 0 Å². The molecule has 0 bridgehead atoms. The third-order valence-electron chi connectivity index (χ3n) is 4.15. The summed E-state index contributed by atoms with van der Waals surface area (Å²) in [5.74, 6) is 2.50. The second-order valence-electron chi connectivity index (χ2n) is 6.00. The molecule has 1 aromatic heterocycles. The van der Waals surface area contributed by atoms with E-state index in [0.717, 1.165) is 0 Å². The van der Waals surface area contributed by atoms with Crippen LogP contribution in [-0.2, 0) is 0 Å². The van der Waals surface area contributed by atoms with Crippen LogP contribution < -0.4 is 4.74 Å². The Labute approximate surface area is 145 Å². The molecule has 6 heteroatoms. The Bertz CT molecular complexity index is 886. The van der Waals surface area contributed by atoms with E-state index >= 15 is 0 Å². The third kappa shape index (κ3) is 3.10. The SMILES string of the molecule is Cc1noc(C2CN(C(=O)c3ccccc3Oc3ccccc3)C2)n1. The van der Waals surface area contributed by atoms with Gasteiger partial charge in [-0.2, -0.15) is 4.98 Å². The Morgan fingerprint density at radius 1 is 1.12 bits per heavy atom. The van der Waals surface area contributed by atoms with Crippen molar-refractivity contribution in [2.24, 2.45) is 0 Å². The number of carbonyl (C=O) groups excluding carboxylic acids is 1. The molecule has 126 valence electrons. The van der Waals surface area contributed by atoms with Crippen molar-refractivity contribution in [1.82, 2.24) is 15.0 Å². The number of hydrogen-bond acceptors (Lipinski definition) is 5. The number of likely N-dealkylation sites (tertiary alicyclic amines) is 1. The van der Waals surface area contributed by atoms with Gasteiger partial charge in [0.05, 0.1) is 11.5 Å². The Kier molecular flexibility index (Phi) is 3.93. The molecule has 6 nitrogen and oxygen atoms in total. The van der Waals surface area contributed by atoms with Gasteiger partial charge in [0, 0.05) is 13.1 Å². The van der Waals surface area contributed by atoms with Crippen LogP contribution in [0.5, 0.6) is 11.5 Å². The minimum Gasteiger partial charge on any atom is -0.457 e. The van der Waals surface area contributed by atoms with Gasteiger partial charge in [0.1, 0.15) is 11.5 Å². The Balaban J connectivity index is 1.48. The summed E-state index contributed by atoms with van der Waals surface area (Å²) >= 11 is 0. The number of hydrogen-bond donors (Lipinski definition) is 0. The molecule has 2 heterocycles. The number of ether oxygens (including phenoxy) is 1. The van der Waals surface area contributed by atoms with Gasteiger partial charge in [-0.15, -0.1) is 0 Å². The molecule has 0 aliphatic carbocycles. The maximum atomic E-state index is 12.8. The van der Waals surface area contributed by atoms with Gasteiger partial charge < -0.3 is 14.2 Å². The first-order valence-corrected chi connectivity index (χ1v) is 8.12. The van der Waals surface area contributed by atoms with Gasteiger partial charge >= 0.3 is 0 Å². The number of benzene rings is 2. The number of aromatic nitrogens is 2. The van der Waals surface area contributed by atoms with E-state index in [9.17, 15) is 4.79 Å². The van der Waals surface area contributed by atoms with Crippen LogP contribution in [0.4, 0.5) is 0 Å². The first-order chi connectivity index (χ1) is 12.2. The molecular formula is C19H17N3O3. The third-order valence-corrected chi connectivity index (χ3v) is 4.15. The van der Waals surface area contributed by atoms with Gasteiger partial charge in [0.25, 0.3) is 5.91 Å². The number of nitrogens with zero attached hydrogens (tertiary/aromatic N) is 3. The van der Waals surface area contributed by atoms with Crippen molar-refractivity contribution >= 4 is 5.91 Å². The molecule has 3 aromatic rings. The van der Waals surface area contributed by atoms with Gasteiger partial charge in [-0.05, 0) is 31.2 Å². The molecule has 2 aromatic carbocycles. The van der Waals surface area contributed by atoms with Gasteiger partial charge in [-0.3, -0.25) is 4.79 Å². The molecule has 0 unspecified atom stereocenters. The Morgan fingerprint density at radius 2 is 1.84 bits per heavy atom. The molecule has 1 aliphatic rings. The van der Waals surface area contributed by atoms with Crippen molar-refractivity contribution in [3.8, 4) is 11.5 Å². The van der Waals surface area contributed by atoms with Gasteiger partial charge in [0.15, 0.2) is 5.82 Å². The van der Waals surface area contributed by atoms with E-state index in [2.05, 4.69) is 10.1 Å². The molecule has 4 rings (SSSR count). The maximum Gasteiger partial charge on any atom is 0.257 e. The second kappa shape index (κ2) is 6.39. The zero-order chi connectivity index (χ0) is 17.2. The Morgan fingerprint density at radius 3 is 2.56 bits per heavy atom. The second-order valence-corrected chi connectivity index (χ2v) is 6.00. The van der Waals surface area contributed by atoms with Gasteiger partial charge in [-0.1, -0.05) is 35.5 Å². The molecule has 1 fully saturated rings. The van der Waals surface area contributed by atoms with Crippen molar-refractivity contribution < 1.29 is 14.1 Å². The number of amides is 1. The van der Waals surface area contributed by atoms with Crippen molar-refractivity contribution in [3.63, 3.8) is 0 Å². The molecule has 0 atom stereocenters. The summed E-state index contributed by atoms with van der Waals surface area (Å²) in [6, 6.07) is 16.7. The lowest BCUT2D eigenvalue weighted by atomic mass is 9.98. The van der Waals surface area contributed by atoms with Crippen LogP contribution in [0, 0.1) is 6.92 Å². The minimum absolute atomic E-state index is 0.0565. The van der Waals surface area contributed by atoms with Crippen LogP contribution in [0.1, 0.15) is 28.0 Å². The summed E-state index contributed by atoms with van der Waals surface area (Å²) in [6.07, 6.45) is 0. The molecule has 1 aliphatic heterocycles. The summed E-state index contributed by atoms with van der Waals surface area (Å²) in [7, 11) is 0. The lowest BCUT2D eigenvalue weighted by molar-refractivity contribution is 0.0566. The number of carbonyl (C=O) groups is 1. The fourth-order valence-electron chi connectivity index (χ4n) is 2.80. The highest BCUT2D eigenvalue weighted by atomic mass is 16.5. The van der Waals surface area contributed by atoms with Crippen LogP contribution in [0.3, 0.4) is 0 Å². The molecule has 0 N–H and O–H groups in total. The first-order valence-electron chi connectivity index (χ1n) is 8.12.